The van der Waals surface area contributed by atoms with Crippen molar-refractivity contribution >= 4 is 16.6 Å². The van der Waals surface area contributed by atoms with Crippen LogP contribution in [0.4, 0.5) is 5.69 Å². The van der Waals surface area contributed by atoms with Crippen LogP contribution >= 0.6 is 0 Å². The summed E-state index contributed by atoms with van der Waals surface area (Å²) in [7, 11) is 0. The molecule has 4 heteroatoms. The molecule has 4 nitrogen and oxygen atoms in total. The maximum absolute atomic E-state index is 10.3. The highest BCUT2D eigenvalue weighted by atomic mass is 16.3. The predicted molar refractivity (Wildman–Crippen MR) is 91.6 cm³/mol. The van der Waals surface area contributed by atoms with Crippen molar-refractivity contribution in [1.29, 1.82) is 0 Å². The van der Waals surface area contributed by atoms with Gasteiger partial charge in [-0.05, 0) is 44.1 Å². The Bertz CT molecular complexity index is 631. The van der Waals surface area contributed by atoms with Gasteiger partial charge in [-0.3, -0.25) is 4.98 Å². The zero-order valence-electron chi connectivity index (χ0n) is 13.5. The van der Waals surface area contributed by atoms with Crippen molar-refractivity contribution in [3.05, 3.63) is 30.5 Å². The molecule has 0 atom stereocenters. The number of aromatic hydroxyl groups is 1. The second-order valence-corrected chi connectivity index (χ2v) is 5.95. The third-order valence-corrected chi connectivity index (χ3v) is 4.84. The summed E-state index contributed by atoms with van der Waals surface area (Å²) in [5, 5.41) is 11.4. The molecular weight excluding hydrogens is 274 g/mol. The second kappa shape index (κ2) is 6.53. The molecule has 2 aromatic rings. The maximum atomic E-state index is 10.3. The molecule has 1 aliphatic rings. The van der Waals surface area contributed by atoms with E-state index in [2.05, 4.69) is 28.6 Å². The number of hydrogen-bond acceptors (Lipinski definition) is 4. The van der Waals surface area contributed by atoms with Crippen LogP contribution in [0.3, 0.4) is 0 Å². The van der Waals surface area contributed by atoms with E-state index in [9.17, 15) is 5.11 Å². The Balaban J connectivity index is 1.83. The lowest BCUT2D eigenvalue weighted by atomic mass is 10.0. The van der Waals surface area contributed by atoms with Crippen LogP contribution in [0.25, 0.3) is 10.9 Å². The summed E-state index contributed by atoms with van der Waals surface area (Å²) in [6, 6.07) is 8.37. The molecule has 1 aromatic carbocycles. The molecule has 0 radical (unpaired) electrons. The van der Waals surface area contributed by atoms with Gasteiger partial charge in [0.2, 0.25) is 0 Å². The Morgan fingerprint density at radius 2 is 1.91 bits per heavy atom. The molecule has 1 saturated heterocycles. The van der Waals surface area contributed by atoms with E-state index in [1.165, 1.54) is 0 Å². The van der Waals surface area contributed by atoms with Gasteiger partial charge in [-0.15, -0.1) is 0 Å². The highest BCUT2D eigenvalue weighted by Gasteiger charge is 2.25. The van der Waals surface area contributed by atoms with Gasteiger partial charge in [-0.25, -0.2) is 0 Å². The van der Waals surface area contributed by atoms with Gasteiger partial charge in [-0.2, -0.15) is 0 Å². The van der Waals surface area contributed by atoms with Gasteiger partial charge in [0.25, 0.3) is 0 Å². The molecule has 1 aliphatic heterocycles. The van der Waals surface area contributed by atoms with Crippen LogP contribution in [-0.4, -0.2) is 47.2 Å². The van der Waals surface area contributed by atoms with Crippen molar-refractivity contribution in [3.63, 3.8) is 0 Å². The molecule has 0 aliphatic carbocycles. The first-order valence-electron chi connectivity index (χ1n) is 8.30. The van der Waals surface area contributed by atoms with Crippen molar-refractivity contribution < 1.29 is 5.11 Å². The Labute approximate surface area is 132 Å². The van der Waals surface area contributed by atoms with E-state index in [4.69, 9.17) is 0 Å². The van der Waals surface area contributed by atoms with Crippen LogP contribution < -0.4 is 4.90 Å². The molecule has 22 heavy (non-hydrogen) atoms. The minimum atomic E-state index is 0.340. The molecule has 0 unspecified atom stereocenters. The molecule has 0 amide bonds. The number of hydrogen-bond donors (Lipinski definition) is 1. The molecule has 0 bridgehead atoms. The van der Waals surface area contributed by atoms with E-state index >= 15 is 0 Å². The molecule has 0 saturated carbocycles. The minimum absolute atomic E-state index is 0.340. The summed E-state index contributed by atoms with van der Waals surface area (Å²) < 4.78 is 0. The van der Waals surface area contributed by atoms with Gasteiger partial charge in [0.1, 0.15) is 11.4 Å². The summed E-state index contributed by atoms with van der Waals surface area (Å²) in [6.45, 7) is 8.64. The summed E-state index contributed by atoms with van der Waals surface area (Å²) in [5.74, 6) is 0.340. The SMILES string of the molecule is CCN(CC)C1CCN(c2c(O)ccc3cccnc23)CC1. The normalized spacial score (nSPS) is 16.6. The summed E-state index contributed by atoms with van der Waals surface area (Å²) in [4.78, 5) is 9.33. The number of aromatic nitrogens is 1. The lowest BCUT2D eigenvalue weighted by Gasteiger charge is -2.39. The zero-order chi connectivity index (χ0) is 15.5. The third kappa shape index (κ3) is 2.75. The Kier molecular flexibility index (Phi) is 4.48. The van der Waals surface area contributed by atoms with Gasteiger partial charge >= 0.3 is 0 Å². The van der Waals surface area contributed by atoms with Crippen LogP contribution in [0.5, 0.6) is 5.75 Å². The average Bonchev–Trinajstić information content (AvgIpc) is 2.57. The number of pyridine rings is 1. The Morgan fingerprint density at radius 3 is 2.59 bits per heavy atom. The predicted octanol–water partition coefficient (Wildman–Crippen LogP) is 3.25. The number of phenols is 1. The summed E-state index contributed by atoms with van der Waals surface area (Å²) in [5.41, 5.74) is 1.81. The number of piperidine rings is 1. The van der Waals surface area contributed by atoms with Crippen molar-refractivity contribution in [3.8, 4) is 5.75 Å². The van der Waals surface area contributed by atoms with Crippen LogP contribution in [0.1, 0.15) is 26.7 Å². The minimum Gasteiger partial charge on any atom is -0.506 e. The number of fused-ring (bicyclic) bond motifs is 1. The quantitative estimate of drug-likeness (QED) is 0.940. The lowest BCUT2D eigenvalue weighted by Crippen LogP contribution is -2.45. The molecular formula is C18H25N3O. The van der Waals surface area contributed by atoms with E-state index < -0.39 is 0 Å². The molecule has 3 rings (SSSR count). The maximum Gasteiger partial charge on any atom is 0.141 e. The molecule has 0 spiro atoms. The first kappa shape index (κ1) is 15.1. The largest absolute Gasteiger partial charge is 0.506 e. The van der Waals surface area contributed by atoms with Gasteiger partial charge < -0.3 is 14.9 Å². The van der Waals surface area contributed by atoms with Gasteiger partial charge in [0.05, 0.1) is 5.52 Å². The summed E-state index contributed by atoms with van der Waals surface area (Å²) >= 11 is 0. The van der Waals surface area contributed by atoms with Crippen LogP contribution in [0, 0.1) is 0 Å². The van der Waals surface area contributed by atoms with Crippen molar-refractivity contribution in [2.75, 3.05) is 31.1 Å². The van der Waals surface area contributed by atoms with E-state index in [0.717, 1.165) is 55.6 Å². The fraction of sp³-hybridized carbons (Fsp3) is 0.500. The number of nitrogens with zero attached hydrogens (tertiary/aromatic N) is 3. The van der Waals surface area contributed by atoms with Crippen molar-refractivity contribution in [2.45, 2.75) is 32.7 Å². The standard InChI is InChI=1S/C18H25N3O/c1-3-20(4-2)15-9-12-21(13-10-15)18-16(22)8-7-14-6-5-11-19-17(14)18/h5-8,11,15,22H,3-4,9-10,12-13H2,1-2H3. The molecule has 1 N–H and O–H groups in total. The van der Waals surface area contributed by atoms with E-state index in [-0.39, 0.29) is 0 Å². The van der Waals surface area contributed by atoms with E-state index in [0.29, 0.717) is 11.8 Å². The summed E-state index contributed by atoms with van der Waals surface area (Å²) in [6.07, 6.45) is 4.09. The van der Waals surface area contributed by atoms with E-state index in [1.807, 2.05) is 18.2 Å². The number of phenolic OH excluding ortho intramolecular Hbond substituents is 1. The molecule has 1 fully saturated rings. The number of rotatable bonds is 4. The Hall–Kier alpha value is -1.81. The first-order chi connectivity index (χ1) is 10.7. The highest BCUT2D eigenvalue weighted by Crippen LogP contribution is 2.36. The van der Waals surface area contributed by atoms with Gasteiger partial charge in [0.15, 0.2) is 0 Å². The third-order valence-electron chi connectivity index (χ3n) is 4.84. The van der Waals surface area contributed by atoms with Crippen molar-refractivity contribution in [1.82, 2.24) is 9.88 Å². The van der Waals surface area contributed by atoms with E-state index in [1.54, 1.807) is 12.3 Å². The fourth-order valence-electron chi connectivity index (χ4n) is 3.63. The van der Waals surface area contributed by atoms with Crippen molar-refractivity contribution in [2.24, 2.45) is 0 Å². The molecule has 118 valence electrons. The smallest absolute Gasteiger partial charge is 0.141 e. The van der Waals surface area contributed by atoms with Gasteiger partial charge in [0, 0.05) is 30.7 Å². The Morgan fingerprint density at radius 1 is 1.18 bits per heavy atom. The highest BCUT2D eigenvalue weighted by molar-refractivity contribution is 5.94. The average molecular weight is 299 g/mol. The zero-order valence-corrected chi connectivity index (χ0v) is 13.5. The molecule has 1 aromatic heterocycles. The first-order valence-corrected chi connectivity index (χ1v) is 8.30. The molecule has 2 heterocycles. The topological polar surface area (TPSA) is 39.6 Å². The lowest BCUT2D eigenvalue weighted by molar-refractivity contribution is 0.186. The van der Waals surface area contributed by atoms with Crippen LogP contribution in [0.15, 0.2) is 30.5 Å². The number of benzene rings is 1. The number of anilines is 1. The van der Waals surface area contributed by atoms with Crippen LogP contribution in [0.2, 0.25) is 0 Å². The van der Waals surface area contributed by atoms with Crippen LogP contribution in [-0.2, 0) is 0 Å². The second-order valence-electron chi connectivity index (χ2n) is 5.95. The fourth-order valence-corrected chi connectivity index (χ4v) is 3.63. The monoisotopic (exact) mass is 299 g/mol. The van der Waals surface area contributed by atoms with Gasteiger partial charge in [-0.1, -0.05) is 19.9 Å².